The van der Waals surface area contributed by atoms with Crippen LogP contribution in [-0.2, 0) is 9.53 Å². The van der Waals surface area contributed by atoms with Crippen molar-refractivity contribution < 1.29 is 9.53 Å². The summed E-state index contributed by atoms with van der Waals surface area (Å²) in [4.78, 5) is 11.6. The number of rotatable bonds is 8. The molecule has 0 bridgehead atoms. The Hall–Kier alpha value is 0.0300. The molecule has 0 aromatic rings. The van der Waals surface area contributed by atoms with Gasteiger partial charge in [0.2, 0.25) is 5.91 Å². The van der Waals surface area contributed by atoms with Gasteiger partial charge in [-0.05, 0) is 32.7 Å². The molecule has 4 nitrogen and oxygen atoms in total. The quantitative estimate of drug-likeness (QED) is 0.718. The van der Waals surface area contributed by atoms with Crippen LogP contribution in [0.4, 0.5) is 0 Å². The first-order chi connectivity index (χ1) is 8.72. The molecule has 0 radical (unpaired) electrons. The van der Waals surface area contributed by atoms with Gasteiger partial charge < -0.3 is 15.4 Å². The van der Waals surface area contributed by atoms with E-state index in [4.69, 9.17) is 4.74 Å². The van der Waals surface area contributed by atoms with Crippen molar-refractivity contribution in [2.75, 3.05) is 31.2 Å². The minimum absolute atomic E-state index is 0. The summed E-state index contributed by atoms with van der Waals surface area (Å²) in [6.07, 6.45) is 3.95. The van der Waals surface area contributed by atoms with Crippen molar-refractivity contribution in [1.82, 2.24) is 10.6 Å². The Morgan fingerprint density at radius 1 is 1.47 bits per heavy atom. The summed E-state index contributed by atoms with van der Waals surface area (Å²) in [6, 6.07) is 0.339. The van der Waals surface area contributed by atoms with Crippen LogP contribution >= 0.6 is 24.2 Å². The molecule has 19 heavy (non-hydrogen) atoms. The van der Waals surface area contributed by atoms with Crippen LogP contribution in [0.1, 0.15) is 33.1 Å². The van der Waals surface area contributed by atoms with Gasteiger partial charge in [-0.3, -0.25) is 4.79 Å². The Morgan fingerprint density at radius 3 is 2.89 bits per heavy atom. The number of ether oxygens (including phenoxy) is 1. The number of hydrogen-bond donors (Lipinski definition) is 2. The molecule has 1 fully saturated rings. The molecule has 1 amide bonds. The summed E-state index contributed by atoms with van der Waals surface area (Å²) in [6.45, 7) is 6.67. The molecule has 114 valence electrons. The Balaban J connectivity index is 0.00000324. The number of nitrogens with one attached hydrogen (secondary N) is 2. The zero-order chi connectivity index (χ0) is 13.2. The lowest BCUT2D eigenvalue weighted by molar-refractivity contribution is -0.118. The molecule has 2 N–H and O–H groups in total. The molecule has 6 heteroatoms. The average molecular weight is 311 g/mol. The third kappa shape index (κ3) is 9.55. The van der Waals surface area contributed by atoms with Crippen LogP contribution < -0.4 is 10.6 Å². The molecule has 0 aromatic heterocycles. The van der Waals surface area contributed by atoms with E-state index in [2.05, 4.69) is 24.5 Å². The Labute approximate surface area is 127 Å². The summed E-state index contributed by atoms with van der Waals surface area (Å²) >= 11 is 1.68. The van der Waals surface area contributed by atoms with Crippen molar-refractivity contribution in [2.45, 2.75) is 45.3 Å². The van der Waals surface area contributed by atoms with Gasteiger partial charge in [-0.25, -0.2) is 0 Å². The maximum Gasteiger partial charge on any atom is 0.230 e. The predicted octanol–water partition coefficient (Wildman–Crippen LogP) is 1.82. The van der Waals surface area contributed by atoms with Crippen molar-refractivity contribution >= 4 is 30.1 Å². The predicted molar refractivity (Wildman–Crippen MR) is 84.3 cm³/mol. The maximum atomic E-state index is 11.6. The smallest absolute Gasteiger partial charge is 0.230 e. The highest BCUT2D eigenvalue weighted by molar-refractivity contribution is 7.99. The Bertz CT molecular complexity index is 239. The SMILES string of the molecule is CCN[C@H](C)CNC(=O)CSCC1CCCCO1.Cl. The maximum absolute atomic E-state index is 11.6. The molecule has 2 atom stereocenters. The largest absolute Gasteiger partial charge is 0.377 e. The van der Waals surface area contributed by atoms with E-state index in [-0.39, 0.29) is 18.3 Å². The van der Waals surface area contributed by atoms with Crippen LogP contribution in [0.2, 0.25) is 0 Å². The van der Waals surface area contributed by atoms with Crippen molar-refractivity contribution in [3.8, 4) is 0 Å². The molecular formula is C13H27ClN2O2S. The van der Waals surface area contributed by atoms with Crippen LogP contribution in [0.15, 0.2) is 0 Å². The van der Waals surface area contributed by atoms with Gasteiger partial charge in [0.1, 0.15) is 0 Å². The number of amides is 1. The summed E-state index contributed by atoms with van der Waals surface area (Å²) in [7, 11) is 0. The number of carbonyl (C=O) groups excluding carboxylic acids is 1. The minimum Gasteiger partial charge on any atom is -0.377 e. The molecule has 1 saturated heterocycles. The molecule has 1 heterocycles. The number of thioether (sulfide) groups is 1. The monoisotopic (exact) mass is 310 g/mol. The summed E-state index contributed by atoms with van der Waals surface area (Å²) in [5, 5.41) is 6.21. The number of hydrogen-bond acceptors (Lipinski definition) is 4. The van der Waals surface area contributed by atoms with Gasteiger partial charge in [0.25, 0.3) is 0 Å². The van der Waals surface area contributed by atoms with Gasteiger partial charge >= 0.3 is 0 Å². The van der Waals surface area contributed by atoms with Gasteiger partial charge in [-0.15, -0.1) is 24.2 Å². The zero-order valence-electron chi connectivity index (χ0n) is 11.9. The standard InChI is InChI=1S/C13H26N2O2S.ClH/c1-3-14-11(2)8-15-13(16)10-18-9-12-6-4-5-7-17-12;/h11-12,14H,3-10H2,1-2H3,(H,15,16);1H/t11-,12?;/m1./s1. The van der Waals surface area contributed by atoms with Crippen molar-refractivity contribution in [3.63, 3.8) is 0 Å². The summed E-state index contributed by atoms with van der Waals surface area (Å²) in [5.41, 5.74) is 0. The third-order valence-corrected chi connectivity index (χ3v) is 4.04. The first-order valence-electron chi connectivity index (χ1n) is 6.91. The fourth-order valence-corrected chi connectivity index (χ4v) is 2.89. The Morgan fingerprint density at radius 2 is 2.26 bits per heavy atom. The minimum atomic E-state index is 0. The van der Waals surface area contributed by atoms with E-state index in [1.54, 1.807) is 11.8 Å². The van der Waals surface area contributed by atoms with E-state index in [1.165, 1.54) is 12.8 Å². The second-order valence-corrected chi connectivity index (χ2v) is 5.80. The van der Waals surface area contributed by atoms with Crippen LogP contribution in [0, 0.1) is 0 Å². The van der Waals surface area contributed by atoms with E-state index in [1.807, 2.05) is 0 Å². The van der Waals surface area contributed by atoms with Gasteiger partial charge in [0, 0.05) is 24.9 Å². The lowest BCUT2D eigenvalue weighted by atomic mass is 10.1. The number of likely N-dealkylation sites (N-methyl/N-ethyl adjacent to an activating group) is 1. The van der Waals surface area contributed by atoms with Crippen LogP contribution in [-0.4, -0.2) is 49.3 Å². The summed E-state index contributed by atoms with van der Waals surface area (Å²) < 4.78 is 5.63. The van der Waals surface area contributed by atoms with Crippen LogP contribution in [0.3, 0.4) is 0 Å². The first-order valence-corrected chi connectivity index (χ1v) is 8.07. The molecule has 1 aliphatic rings. The van der Waals surface area contributed by atoms with E-state index < -0.39 is 0 Å². The van der Waals surface area contributed by atoms with Gasteiger partial charge in [-0.1, -0.05) is 6.92 Å². The molecule has 0 saturated carbocycles. The van der Waals surface area contributed by atoms with E-state index >= 15 is 0 Å². The zero-order valence-corrected chi connectivity index (χ0v) is 13.6. The van der Waals surface area contributed by atoms with E-state index in [0.29, 0.717) is 24.4 Å². The van der Waals surface area contributed by atoms with Crippen molar-refractivity contribution in [2.24, 2.45) is 0 Å². The lowest BCUT2D eigenvalue weighted by Gasteiger charge is -2.22. The third-order valence-electron chi connectivity index (χ3n) is 2.97. The molecule has 0 spiro atoms. The molecule has 0 aliphatic carbocycles. The van der Waals surface area contributed by atoms with Crippen molar-refractivity contribution in [1.29, 1.82) is 0 Å². The van der Waals surface area contributed by atoms with Gasteiger partial charge in [0.15, 0.2) is 0 Å². The number of halogens is 1. The first kappa shape index (κ1) is 19.0. The highest BCUT2D eigenvalue weighted by Crippen LogP contribution is 2.16. The molecule has 1 unspecified atom stereocenters. The number of carbonyl (C=O) groups is 1. The second-order valence-electron chi connectivity index (χ2n) is 4.77. The fraction of sp³-hybridized carbons (Fsp3) is 0.923. The highest BCUT2D eigenvalue weighted by Gasteiger charge is 2.14. The normalized spacial score (nSPS) is 20.4. The molecule has 1 rings (SSSR count). The second kappa shape index (κ2) is 11.8. The van der Waals surface area contributed by atoms with Gasteiger partial charge in [-0.2, -0.15) is 0 Å². The average Bonchev–Trinajstić information content (AvgIpc) is 2.38. The van der Waals surface area contributed by atoms with E-state index in [0.717, 1.165) is 25.3 Å². The van der Waals surface area contributed by atoms with E-state index in [9.17, 15) is 4.79 Å². The Kier molecular flexibility index (Phi) is 11.8. The lowest BCUT2D eigenvalue weighted by Crippen LogP contribution is -2.39. The molecule has 1 aliphatic heterocycles. The highest BCUT2D eigenvalue weighted by atomic mass is 35.5. The molecule has 0 aromatic carbocycles. The van der Waals surface area contributed by atoms with Gasteiger partial charge in [0.05, 0.1) is 11.9 Å². The van der Waals surface area contributed by atoms with Crippen LogP contribution in [0.5, 0.6) is 0 Å². The molecular weight excluding hydrogens is 284 g/mol. The topological polar surface area (TPSA) is 50.4 Å². The summed E-state index contributed by atoms with van der Waals surface area (Å²) in [5.74, 6) is 1.61. The van der Waals surface area contributed by atoms with Crippen LogP contribution in [0.25, 0.3) is 0 Å². The fourth-order valence-electron chi connectivity index (χ4n) is 1.96. The van der Waals surface area contributed by atoms with Crippen molar-refractivity contribution in [3.05, 3.63) is 0 Å².